The van der Waals surface area contributed by atoms with Crippen molar-refractivity contribution >= 4 is 15.9 Å². The summed E-state index contributed by atoms with van der Waals surface area (Å²) in [6.45, 7) is 5.52. The third kappa shape index (κ3) is 3.45. The lowest BCUT2D eigenvalue weighted by atomic mass is 10.1. The van der Waals surface area contributed by atoms with Crippen LogP contribution in [-0.2, 0) is 14.8 Å². The molecular formula is C18H27N3O3S. The van der Waals surface area contributed by atoms with Crippen molar-refractivity contribution in [2.24, 2.45) is 11.7 Å². The zero-order valence-electron chi connectivity index (χ0n) is 14.9. The van der Waals surface area contributed by atoms with E-state index in [1.807, 2.05) is 18.7 Å². The summed E-state index contributed by atoms with van der Waals surface area (Å²) in [5.41, 5.74) is 6.76. The van der Waals surface area contributed by atoms with Crippen molar-refractivity contribution < 1.29 is 13.2 Å². The SMILES string of the molecule is Cc1ccc(S(=O)(=O)N2CCCC2C(=O)N2CC(CN)CC2C)cc1. The van der Waals surface area contributed by atoms with Gasteiger partial charge in [0.1, 0.15) is 6.04 Å². The van der Waals surface area contributed by atoms with Crippen LogP contribution in [0.5, 0.6) is 0 Å². The molecule has 0 aromatic heterocycles. The molecule has 1 aromatic carbocycles. The van der Waals surface area contributed by atoms with Gasteiger partial charge in [0.15, 0.2) is 0 Å². The average molecular weight is 365 g/mol. The van der Waals surface area contributed by atoms with E-state index in [0.717, 1.165) is 12.0 Å². The molecule has 3 unspecified atom stereocenters. The van der Waals surface area contributed by atoms with Crippen LogP contribution in [-0.4, -0.2) is 55.2 Å². The van der Waals surface area contributed by atoms with Crippen molar-refractivity contribution in [1.29, 1.82) is 0 Å². The Kier molecular flexibility index (Phi) is 5.18. The molecule has 2 aliphatic rings. The number of carbonyl (C=O) groups is 1. The molecule has 2 N–H and O–H groups in total. The topological polar surface area (TPSA) is 83.7 Å². The van der Waals surface area contributed by atoms with Crippen molar-refractivity contribution in [3.8, 4) is 0 Å². The van der Waals surface area contributed by atoms with E-state index in [9.17, 15) is 13.2 Å². The van der Waals surface area contributed by atoms with E-state index in [1.54, 1.807) is 24.3 Å². The van der Waals surface area contributed by atoms with Gasteiger partial charge in [0.05, 0.1) is 4.90 Å². The number of rotatable bonds is 4. The molecule has 25 heavy (non-hydrogen) atoms. The molecule has 0 aliphatic carbocycles. The van der Waals surface area contributed by atoms with Gasteiger partial charge in [0, 0.05) is 19.1 Å². The first-order valence-corrected chi connectivity index (χ1v) is 10.4. The zero-order valence-corrected chi connectivity index (χ0v) is 15.7. The van der Waals surface area contributed by atoms with Crippen LogP contribution in [0, 0.1) is 12.8 Å². The van der Waals surface area contributed by atoms with Crippen molar-refractivity contribution in [1.82, 2.24) is 9.21 Å². The number of aryl methyl sites for hydroxylation is 1. The molecule has 2 fully saturated rings. The second kappa shape index (κ2) is 7.05. The standard InChI is InChI=1S/C18H27N3O3S/c1-13-5-7-16(8-6-13)25(23,24)21-9-3-4-17(21)18(22)20-12-15(11-19)10-14(20)2/h5-8,14-15,17H,3-4,9-12,19H2,1-2H3. The van der Waals surface area contributed by atoms with E-state index in [4.69, 9.17) is 5.73 Å². The fourth-order valence-electron chi connectivity index (χ4n) is 3.93. The Balaban J connectivity index is 1.82. The molecule has 0 bridgehead atoms. The maximum atomic E-state index is 13.0. The third-order valence-electron chi connectivity index (χ3n) is 5.39. The lowest BCUT2D eigenvalue weighted by Gasteiger charge is -2.29. The van der Waals surface area contributed by atoms with Gasteiger partial charge < -0.3 is 10.6 Å². The van der Waals surface area contributed by atoms with Gasteiger partial charge >= 0.3 is 0 Å². The molecule has 6 nitrogen and oxygen atoms in total. The van der Waals surface area contributed by atoms with Gasteiger partial charge in [-0.05, 0) is 57.7 Å². The highest BCUT2D eigenvalue weighted by molar-refractivity contribution is 7.89. The summed E-state index contributed by atoms with van der Waals surface area (Å²) in [4.78, 5) is 15.1. The number of amides is 1. The Labute approximate surface area is 150 Å². The number of likely N-dealkylation sites (tertiary alicyclic amines) is 1. The van der Waals surface area contributed by atoms with E-state index in [0.29, 0.717) is 38.4 Å². The van der Waals surface area contributed by atoms with Gasteiger partial charge in [-0.15, -0.1) is 0 Å². The third-order valence-corrected chi connectivity index (χ3v) is 7.32. The van der Waals surface area contributed by atoms with Crippen LogP contribution in [0.4, 0.5) is 0 Å². The molecular weight excluding hydrogens is 338 g/mol. The molecule has 138 valence electrons. The fourth-order valence-corrected chi connectivity index (χ4v) is 5.58. The maximum Gasteiger partial charge on any atom is 0.243 e. The summed E-state index contributed by atoms with van der Waals surface area (Å²) in [7, 11) is -3.65. The van der Waals surface area contributed by atoms with Gasteiger partial charge in [-0.25, -0.2) is 8.42 Å². The Hall–Kier alpha value is -1.44. The molecule has 1 amide bonds. The molecule has 3 atom stereocenters. The number of benzene rings is 1. The maximum absolute atomic E-state index is 13.0. The second-order valence-corrected chi connectivity index (χ2v) is 9.15. The quantitative estimate of drug-likeness (QED) is 0.873. The predicted octanol–water partition coefficient (Wildman–Crippen LogP) is 1.34. The largest absolute Gasteiger partial charge is 0.338 e. The van der Waals surface area contributed by atoms with Crippen LogP contribution < -0.4 is 5.73 Å². The Morgan fingerprint density at radius 1 is 1.28 bits per heavy atom. The minimum atomic E-state index is -3.65. The van der Waals surface area contributed by atoms with Crippen LogP contribution in [0.2, 0.25) is 0 Å². The first-order chi connectivity index (χ1) is 11.8. The summed E-state index contributed by atoms with van der Waals surface area (Å²) in [5.74, 6) is 0.235. The molecule has 7 heteroatoms. The van der Waals surface area contributed by atoms with Gasteiger partial charge in [0.25, 0.3) is 0 Å². The summed E-state index contributed by atoms with van der Waals surface area (Å²) in [6.07, 6.45) is 2.18. The highest BCUT2D eigenvalue weighted by atomic mass is 32.2. The number of nitrogens with two attached hydrogens (primary N) is 1. The lowest BCUT2D eigenvalue weighted by molar-refractivity contribution is -0.135. The van der Waals surface area contributed by atoms with E-state index < -0.39 is 16.1 Å². The van der Waals surface area contributed by atoms with Crippen molar-refractivity contribution in [3.63, 3.8) is 0 Å². The molecule has 0 radical (unpaired) electrons. The van der Waals surface area contributed by atoms with Gasteiger partial charge in [-0.3, -0.25) is 4.79 Å². The van der Waals surface area contributed by atoms with E-state index in [-0.39, 0.29) is 16.8 Å². The van der Waals surface area contributed by atoms with Crippen LogP contribution >= 0.6 is 0 Å². The Bertz CT molecular complexity index is 732. The number of nitrogens with zero attached hydrogens (tertiary/aromatic N) is 2. The van der Waals surface area contributed by atoms with Gasteiger partial charge in [-0.2, -0.15) is 4.31 Å². The smallest absolute Gasteiger partial charge is 0.243 e. The number of hydrogen-bond donors (Lipinski definition) is 1. The number of hydrogen-bond acceptors (Lipinski definition) is 4. The highest BCUT2D eigenvalue weighted by Gasteiger charge is 2.43. The Morgan fingerprint density at radius 3 is 2.56 bits per heavy atom. The minimum absolute atomic E-state index is 0.0726. The fraction of sp³-hybridized carbons (Fsp3) is 0.611. The summed E-state index contributed by atoms with van der Waals surface area (Å²) < 4.78 is 27.4. The molecule has 0 spiro atoms. The summed E-state index contributed by atoms with van der Waals surface area (Å²) >= 11 is 0. The number of sulfonamides is 1. The van der Waals surface area contributed by atoms with Crippen molar-refractivity contribution in [3.05, 3.63) is 29.8 Å². The molecule has 2 heterocycles. The lowest BCUT2D eigenvalue weighted by Crippen LogP contribution is -2.48. The minimum Gasteiger partial charge on any atom is -0.338 e. The first-order valence-electron chi connectivity index (χ1n) is 8.93. The summed E-state index contributed by atoms with van der Waals surface area (Å²) in [6, 6.07) is 6.33. The first kappa shape index (κ1) is 18.4. The van der Waals surface area contributed by atoms with Crippen LogP contribution in [0.15, 0.2) is 29.2 Å². The van der Waals surface area contributed by atoms with Crippen molar-refractivity contribution in [2.75, 3.05) is 19.6 Å². The molecule has 2 saturated heterocycles. The van der Waals surface area contributed by atoms with Gasteiger partial charge in [0.2, 0.25) is 15.9 Å². The normalized spacial score (nSPS) is 27.8. The predicted molar refractivity (Wildman–Crippen MR) is 96.4 cm³/mol. The van der Waals surface area contributed by atoms with Crippen LogP contribution in [0.25, 0.3) is 0 Å². The average Bonchev–Trinajstić information content (AvgIpc) is 3.21. The molecule has 2 aliphatic heterocycles. The summed E-state index contributed by atoms with van der Waals surface area (Å²) in [5, 5.41) is 0. The Morgan fingerprint density at radius 2 is 1.96 bits per heavy atom. The molecule has 0 saturated carbocycles. The highest BCUT2D eigenvalue weighted by Crippen LogP contribution is 2.30. The van der Waals surface area contributed by atoms with E-state index in [2.05, 4.69) is 0 Å². The van der Waals surface area contributed by atoms with Gasteiger partial charge in [-0.1, -0.05) is 17.7 Å². The molecule has 3 rings (SSSR count). The monoisotopic (exact) mass is 365 g/mol. The second-order valence-electron chi connectivity index (χ2n) is 7.26. The zero-order chi connectivity index (χ0) is 18.2. The van der Waals surface area contributed by atoms with Crippen molar-refractivity contribution in [2.45, 2.75) is 50.1 Å². The van der Waals surface area contributed by atoms with E-state index in [1.165, 1.54) is 4.31 Å². The number of carbonyl (C=O) groups excluding carboxylic acids is 1. The van der Waals surface area contributed by atoms with E-state index >= 15 is 0 Å². The van der Waals surface area contributed by atoms with Crippen LogP contribution in [0.3, 0.4) is 0 Å². The van der Waals surface area contributed by atoms with Crippen LogP contribution in [0.1, 0.15) is 31.7 Å². The molecule has 1 aromatic rings.